The average molecular weight is 381 g/mol. The lowest BCUT2D eigenvalue weighted by Crippen LogP contribution is -2.52. The van der Waals surface area contributed by atoms with Crippen LogP contribution in [0.2, 0.25) is 0 Å². The molecule has 1 heterocycles. The van der Waals surface area contributed by atoms with E-state index in [0.717, 1.165) is 0 Å². The van der Waals surface area contributed by atoms with Gasteiger partial charge in [0, 0.05) is 12.1 Å². The number of amides is 2. The molecule has 0 spiro atoms. The van der Waals surface area contributed by atoms with Crippen molar-refractivity contribution < 1.29 is 23.8 Å². The molecule has 0 bridgehead atoms. The number of hydrogen-bond donors (Lipinski definition) is 3. The molecular formula is C19H28FN3O4. The molecule has 2 rings (SSSR count). The Morgan fingerprint density at radius 3 is 2.67 bits per heavy atom. The summed E-state index contributed by atoms with van der Waals surface area (Å²) < 4.78 is 19.4. The molecule has 0 aliphatic carbocycles. The summed E-state index contributed by atoms with van der Waals surface area (Å²) in [5.41, 5.74) is 0.423. The Balaban J connectivity index is 1.79. The number of aliphatic hydroxyl groups excluding tert-OH is 1. The Morgan fingerprint density at radius 1 is 1.26 bits per heavy atom. The molecule has 1 saturated heterocycles. The van der Waals surface area contributed by atoms with Crippen molar-refractivity contribution in [1.82, 2.24) is 15.5 Å². The van der Waals surface area contributed by atoms with Gasteiger partial charge in [0.2, 0.25) is 11.8 Å². The van der Waals surface area contributed by atoms with Crippen LogP contribution in [0.4, 0.5) is 4.39 Å². The van der Waals surface area contributed by atoms with Gasteiger partial charge in [-0.1, -0.05) is 18.2 Å². The predicted octanol–water partition coefficient (Wildman–Crippen LogP) is 0.418. The maximum atomic E-state index is 13.6. The molecule has 27 heavy (non-hydrogen) atoms. The molecular weight excluding hydrogens is 353 g/mol. The molecule has 3 N–H and O–H groups in total. The van der Waals surface area contributed by atoms with Gasteiger partial charge in [0.05, 0.1) is 31.7 Å². The van der Waals surface area contributed by atoms with Crippen molar-refractivity contribution >= 4 is 11.8 Å². The highest BCUT2D eigenvalue weighted by Gasteiger charge is 2.32. The zero-order valence-electron chi connectivity index (χ0n) is 15.8. The van der Waals surface area contributed by atoms with Gasteiger partial charge in [-0.3, -0.25) is 9.59 Å². The summed E-state index contributed by atoms with van der Waals surface area (Å²) in [6, 6.07) is 6.00. The van der Waals surface area contributed by atoms with Crippen molar-refractivity contribution in [2.45, 2.75) is 44.1 Å². The van der Waals surface area contributed by atoms with E-state index >= 15 is 0 Å². The van der Waals surface area contributed by atoms with E-state index in [1.54, 1.807) is 37.2 Å². The van der Waals surface area contributed by atoms with Crippen molar-refractivity contribution in [2.24, 2.45) is 0 Å². The summed E-state index contributed by atoms with van der Waals surface area (Å²) in [5.74, 6) is -0.730. The zero-order valence-corrected chi connectivity index (χ0v) is 15.8. The fourth-order valence-corrected chi connectivity index (χ4v) is 3.10. The molecule has 0 saturated carbocycles. The Kier molecular flexibility index (Phi) is 8.15. The van der Waals surface area contributed by atoms with Crippen LogP contribution in [0.1, 0.15) is 24.8 Å². The molecule has 8 heteroatoms. The molecule has 1 aromatic rings. The summed E-state index contributed by atoms with van der Waals surface area (Å²) in [6.45, 7) is 0.141. The Morgan fingerprint density at radius 2 is 2.00 bits per heavy atom. The summed E-state index contributed by atoms with van der Waals surface area (Å²) in [6.07, 6.45) is 0.453. The summed E-state index contributed by atoms with van der Waals surface area (Å²) in [5, 5.41) is 15.1. The smallest absolute Gasteiger partial charge is 0.234 e. The normalized spacial score (nSPS) is 22.5. The first-order chi connectivity index (χ1) is 12.9. The van der Waals surface area contributed by atoms with E-state index in [4.69, 9.17) is 4.74 Å². The van der Waals surface area contributed by atoms with Gasteiger partial charge >= 0.3 is 0 Å². The summed E-state index contributed by atoms with van der Waals surface area (Å²) in [7, 11) is 3.60. The minimum absolute atomic E-state index is 0.116. The number of ether oxygens (including phenoxy) is 1. The van der Waals surface area contributed by atoms with Gasteiger partial charge in [-0.25, -0.2) is 4.39 Å². The molecule has 7 nitrogen and oxygen atoms in total. The third-order valence-corrected chi connectivity index (χ3v) is 4.45. The first-order valence-electron chi connectivity index (χ1n) is 9.09. The molecule has 1 aromatic carbocycles. The first-order valence-corrected chi connectivity index (χ1v) is 9.09. The van der Waals surface area contributed by atoms with Crippen LogP contribution in [0, 0.1) is 5.82 Å². The number of nitrogens with zero attached hydrogens (tertiary/aromatic N) is 1. The lowest BCUT2D eigenvalue weighted by molar-refractivity contribution is -0.136. The van der Waals surface area contributed by atoms with Crippen molar-refractivity contribution in [2.75, 3.05) is 27.2 Å². The number of aliphatic hydroxyl groups is 1. The minimum atomic E-state index is -0.547. The number of carbonyl (C=O) groups excluding carboxylic acids is 2. The van der Waals surface area contributed by atoms with Crippen molar-refractivity contribution in [3.63, 3.8) is 0 Å². The standard InChI is InChI=1S/C19H28FN3O4/c1-23(2)11-19(26)22-16-8-7-14(27-17(16)12-24)9-18(25)21-10-13-5-3-4-6-15(13)20/h3-6,14,16-17,24H,7-12H2,1-2H3,(H,21,25)(H,22,26)/t14-,16+,17+/m0/s1. The second-order valence-electron chi connectivity index (χ2n) is 7.04. The molecule has 3 atom stereocenters. The fourth-order valence-electron chi connectivity index (χ4n) is 3.10. The number of carbonyl (C=O) groups is 2. The van der Waals surface area contributed by atoms with Gasteiger partial charge in [-0.05, 0) is 33.0 Å². The quantitative estimate of drug-likeness (QED) is 0.607. The van der Waals surface area contributed by atoms with E-state index in [9.17, 15) is 19.1 Å². The van der Waals surface area contributed by atoms with Crippen LogP contribution in [0.15, 0.2) is 24.3 Å². The number of nitrogens with one attached hydrogen (secondary N) is 2. The van der Waals surface area contributed by atoms with Gasteiger partial charge in [-0.2, -0.15) is 0 Å². The molecule has 1 aliphatic rings. The SMILES string of the molecule is CN(C)CC(=O)N[C@@H]1CC[C@@H](CC(=O)NCc2ccccc2F)O[C@@H]1CO. The van der Waals surface area contributed by atoms with Crippen molar-refractivity contribution in [3.8, 4) is 0 Å². The van der Waals surface area contributed by atoms with Crippen LogP contribution in [0.3, 0.4) is 0 Å². The van der Waals surface area contributed by atoms with E-state index in [-0.39, 0.29) is 55.9 Å². The average Bonchev–Trinajstić information content (AvgIpc) is 2.61. The predicted molar refractivity (Wildman–Crippen MR) is 98.3 cm³/mol. The minimum Gasteiger partial charge on any atom is -0.394 e. The van der Waals surface area contributed by atoms with Crippen molar-refractivity contribution in [1.29, 1.82) is 0 Å². The van der Waals surface area contributed by atoms with E-state index in [0.29, 0.717) is 18.4 Å². The fraction of sp³-hybridized carbons (Fsp3) is 0.579. The highest BCUT2D eigenvalue weighted by Crippen LogP contribution is 2.22. The van der Waals surface area contributed by atoms with Crippen LogP contribution < -0.4 is 10.6 Å². The Bertz CT molecular complexity index is 641. The van der Waals surface area contributed by atoms with Gasteiger partial charge in [-0.15, -0.1) is 0 Å². The number of benzene rings is 1. The second kappa shape index (κ2) is 10.3. The first kappa shape index (κ1) is 21.3. The van der Waals surface area contributed by atoms with E-state index in [2.05, 4.69) is 10.6 Å². The van der Waals surface area contributed by atoms with Crippen LogP contribution in [-0.4, -0.2) is 67.3 Å². The summed E-state index contributed by atoms with van der Waals surface area (Å²) >= 11 is 0. The van der Waals surface area contributed by atoms with Gasteiger partial charge < -0.3 is 25.4 Å². The highest BCUT2D eigenvalue weighted by molar-refractivity contribution is 5.78. The van der Waals surface area contributed by atoms with Crippen LogP contribution >= 0.6 is 0 Å². The zero-order chi connectivity index (χ0) is 19.8. The summed E-state index contributed by atoms with van der Waals surface area (Å²) in [4.78, 5) is 25.8. The molecule has 0 aromatic heterocycles. The molecule has 0 unspecified atom stereocenters. The van der Waals surface area contributed by atoms with Crippen LogP contribution in [0.25, 0.3) is 0 Å². The molecule has 1 fully saturated rings. The van der Waals surface area contributed by atoms with E-state index in [1.807, 2.05) is 0 Å². The molecule has 150 valence electrons. The third kappa shape index (κ3) is 6.89. The molecule has 2 amide bonds. The van der Waals surface area contributed by atoms with Crippen LogP contribution in [-0.2, 0) is 20.9 Å². The number of rotatable bonds is 8. The van der Waals surface area contributed by atoms with Gasteiger partial charge in [0.1, 0.15) is 11.9 Å². The van der Waals surface area contributed by atoms with E-state index in [1.165, 1.54) is 6.07 Å². The Labute approximate surface area is 158 Å². The van der Waals surface area contributed by atoms with Crippen LogP contribution in [0.5, 0.6) is 0 Å². The number of halogens is 1. The topological polar surface area (TPSA) is 90.9 Å². The van der Waals surface area contributed by atoms with Gasteiger partial charge in [0.15, 0.2) is 0 Å². The second-order valence-corrected chi connectivity index (χ2v) is 7.04. The van der Waals surface area contributed by atoms with Gasteiger partial charge in [0.25, 0.3) is 0 Å². The Hall–Kier alpha value is -2.03. The lowest BCUT2D eigenvalue weighted by Gasteiger charge is -2.36. The van der Waals surface area contributed by atoms with Crippen molar-refractivity contribution in [3.05, 3.63) is 35.6 Å². The largest absolute Gasteiger partial charge is 0.394 e. The lowest BCUT2D eigenvalue weighted by atomic mass is 9.97. The monoisotopic (exact) mass is 381 g/mol. The van der Waals surface area contributed by atoms with E-state index < -0.39 is 6.10 Å². The number of likely N-dealkylation sites (N-methyl/N-ethyl adjacent to an activating group) is 1. The highest BCUT2D eigenvalue weighted by atomic mass is 19.1. The molecule has 0 radical (unpaired) electrons. The maximum absolute atomic E-state index is 13.6. The maximum Gasteiger partial charge on any atom is 0.234 e. The molecule has 1 aliphatic heterocycles. The number of hydrogen-bond acceptors (Lipinski definition) is 5. The third-order valence-electron chi connectivity index (χ3n) is 4.45.